The second-order valence-corrected chi connectivity index (χ2v) is 12.6. The second kappa shape index (κ2) is 16.9. The summed E-state index contributed by atoms with van der Waals surface area (Å²) in [4.78, 5) is 67.8. The van der Waals surface area contributed by atoms with Gasteiger partial charge in [-0.05, 0) is 62.4 Å². The van der Waals surface area contributed by atoms with E-state index < -0.39 is 51.5 Å². The molecule has 0 aromatic heterocycles. The fourth-order valence-electron chi connectivity index (χ4n) is 5.83. The molecule has 3 amide bonds. The van der Waals surface area contributed by atoms with Crippen LogP contribution in [0.25, 0.3) is 0 Å². The molecular weight excluding hydrogens is 701 g/mol. The summed E-state index contributed by atoms with van der Waals surface area (Å²) in [6.45, 7) is 6.62. The number of carbonyl (C=O) groups excluding carboxylic acids is 4. The molecule has 284 valence electrons. The van der Waals surface area contributed by atoms with E-state index in [1.54, 1.807) is 18.2 Å². The lowest BCUT2D eigenvalue weighted by Crippen LogP contribution is -2.60. The molecule has 1 atom stereocenters. The molecule has 14 nitrogen and oxygen atoms in total. The maximum absolute atomic E-state index is 13.9. The van der Waals surface area contributed by atoms with Crippen LogP contribution in [-0.2, 0) is 9.59 Å². The van der Waals surface area contributed by atoms with Crippen molar-refractivity contribution < 1.29 is 46.7 Å². The number of hydrogen-bond acceptors (Lipinski definition) is 10. The van der Waals surface area contributed by atoms with E-state index in [4.69, 9.17) is 9.47 Å². The summed E-state index contributed by atoms with van der Waals surface area (Å²) >= 11 is 0. The Balaban J connectivity index is 1.64. The van der Waals surface area contributed by atoms with Crippen molar-refractivity contribution in [2.75, 3.05) is 62.9 Å². The van der Waals surface area contributed by atoms with Crippen molar-refractivity contribution >= 4 is 46.8 Å². The summed E-state index contributed by atoms with van der Waals surface area (Å²) in [6.07, 6.45) is -2.54. The average Bonchev–Trinajstić information content (AvgIpc) is 3.12. The zero-order chi connectivity index (χ0) is 39.1. The normalized spacial score (nSPS) is 14.8. The lowest BCUT2D eigenvalue weighted by atomic mass is 10.0. The Bertz CT molecular complexity index is 1870. The van der Waals surface area contributed by atoms with E-state index in [1.807, 2.05) is 25.8 Å². The molecule has 1 saturated heterocycles. The minimum Gasteiger partial charge on any atom is -0.495 e. The van der Waals surface area contributed by atoms with Crippen LogP contribution < -0.4 is 25.0 Å². The molecule has 0 spiro atoms. The van der Waals surface area contributed by atoms with E-state index in [0.717, 1.165) is 56.0 Å². The molecule has 3 aromatic carbocycles. The second-order valence-electron chi connectivity index (χ2n) is 12.6. The van der Waals surface area contributed by atoms with Crippen molar-refractivity contribution in [3.8, 4) is 11.5 Å². The first-order chi connectivity index (χ1) is 25.0. The Morgan fingerprint density at radius 1 is 1.02 bits per heavy atom. The van der Waals surface area contributed by atoms with Gasteiger partial charge in [-0.15, -0.1) is 0 Å². The van der Waals surface area contributed by atoms with Crippen molar-refractivity contribution in [3.63, 3.8) is 0 Å². The van der Waals surface area contributed by atoms with E-state index in [-0.39, 0.29) is 17.0 Å². The van der Waals surface area contributed by atoms with Crippen molar-refractivity contribution in [2.45, 2.75) is 45.0 Å². The molecule has 4 rings (SSSR count). The number of rotatable bonds is 14. The minimum atomic E-state index is -5.39. The van der Waals surface area contributed by atoms with Gasteiger partial charge in [0.05, 0.1) is 29.0 Å². The number of piperazine rings is 1. The number of amides is 3. The van der Waals surface area contributed by atoms with Crippen molar-refractivity contribution in [2.24, 2.45) is 0 Å². The van der Waals surface area contributed by atoms with Crippen LogP contribution >= 0.6 is 0 Å². The predicted octanol–water partition coefficient (Wildman–Crippen LogP) is 5.65. The number of alkyl halides is 3. The monoisotopic (exact) mass is 742 g/mol. The van der Waals surface area contributed by atoms with Gasteiger partial charge in [-0.1, -0.05) is 25.5 Å². The highest BCUT2D eigenvalue weighted by atomic mass is 19.4. The number of aryl methyl sites for hydroxylation is 1. The number of nitrogens with one attached hydrogen (secondary N) is 2. The van der Waals surface area contributed by atoms with Crippen molar-refractivity contribution in [3.05, 3.63) is 81.4 Å². The number of hydrogen-bond donors (Lipinski definition) is 2. The van der Waals surface area contributed by atoms with E-state index in [2.05, 4.69) is 10.2 Å². The first-order valence-electron chi connectivity index (χ1n) is 16.7. The van der Waals surface area contributed by atoms with Crippen molar-refractivity contribution in [1.29, 1.82) is 0 Å². The molecule has 1 unspecified atom stereocenters. The van der Waals surface area contributed by atoms with E-state index in [0.29, 0.717) is 30.9 Å². The molecule has 3 aromatic rings. The maximum Gasteiger partial charge on any atom is 0.471 e. The fourth-order valence-corrected chi connectivity index (χ4v) is 5.83. The molecule has 0 aliphatic carbocycles. The molecule has 1 fully saturated rings. The number of carbonyl (C=O) groups is 4. The highest BCUT2D eigenvalue weighted by Gasteiger charge is 2.42. The lowest BCUT2D eigenvalue weighted by molar-refractivity contribution is -0.384. The molecule has 1 aliphatic rings. The van der Waals surface area contributed by atoms with Crippen LogP contribution in [0.2, 0.25) is 0 Å². The first-order valence-corrected chi connectivity index (χ1v) is 16.7. The Kier molecular flexibility index (Phi) is 12.8. The summed E-state index contributed by atoms with van der Waals surface area (Å²) in [5.74, 6) is -3.84. The molecule has 0 bridgehead atoms. The summed E-state index contributed by atoms with van der Waals surface area (Å²) in [5.41, 5.74) is -2.50. The number of unbranched alkanes of at least 4 members (excludes halogenated alkanes) is 1. The molecule has 0 radical (unpaired) electrons. The van der Waals surface area contributed by atoms with Crippen LogP contribution in [0.4, 0.5) is 35.9 Å². The Labute approximate surface area is 304 Å². The third kappa shape index (κ3) is 9.28. The highest BCUT2D eigenvalue weighted by Crippen LogP contribution is 2.37. The van der Waals surface area contributed by atoms with Gasteiger partial charge >= 0.3 is 12.1 Å². The van der Waals surface area contributed by atoms with Gasteiger partial charge in [0.25, 0.3) is 17.5 Å². The average molecular weight is 743 g/mol. The maximum atomic E-state index is 13.9. The number of nitrogens with zero attached hydrogens (tertiary/aromatic N) is 4. The lowest BCUT2D eigenvalue weighted by Gasteiger charge is -2.44. The number of aldehydes is 1. The minimum absolute atomic E-state index is 0.0288. The van der Waals surface area contributed by atoms with Gasteiger partial charge in [-0.3, -0.25) is 34.2 Å². The quantitative estimate of drug-likeness (QED) is 0.120. The van der Waals surface area contributed by atoms with Crippen LogP contribution in [0.5, 0.6) is 11.5 Å². The van der Waals surface area contributed by atoms with Crippen molar-refractivity contribution in [1.82, 2.24) is 9.80 Å². The van der Waals surface area contributed by atoms with Crippen LogP contribution in [0, 0.1) is 17.0 Å². The standard InChI is InChI=1S/C36H41F3N6O8/c1-6-7-15-35(22-46,44-18-16-42(3)17-19-44)53-30-20-23(2)11-14-27(30)43(4)33(48)24-12-13-26(29(21-24)52-5)40-32(47)25-9-8-10-28(45(50)51)31(25)41-34(49)36(37,38)39/h8-14,20-22H,6-7,15-19H2,1-5H3,(H,40,47)(H,41,49). The van der Waals surface area contributed by atoms with E-state index >= 15 is 0 Å². The van der Waals surface area contributed by atoms with E-state index in [1.165, 1.54) is 42.6 Å². The van der Waals surface area contributed by atoms with Crippen LogP contribution in [0.15, 0.2) is 54.6 Å². The van der Waals surface area contributed by atoms with Gasteiger partial charge in [0.1, 0.15) is 17.2 Å². The van der Waals surface area contributed by atoms with Gasteiger partial charge in [-0.25, -0.2) is 0 Å². The molecule has 1 aliphatic heterocycles. The molecular formula is C36H41F3N6O8. The number of halogens is 3. The first kappa shape index (κ1) is 40.2. The molecule has 1 heterocycles. The molecule has 53 heavy (non-hydrogen) atoms. The number of nitro groups is 1. The Hall–Kier alpha value is -5.55. The number of anilines is 3. The SMILES string of the molecule is CCCCC(C=O)(Oc1cc(C)ccc1N(C)C(=O)c1ccc(NC(=O)c2cccc([N+](=O)[O-])c2NC(=O)C(F)(F)F)c(OC)c1)N1CCN(C)CC1. The summed E-state index contributed by atoms with van der Waals surface area (Å²) in [5, 5.41) is 15.4. The molecule has 0 saturated carbocycles. The van der Waals surface area contributed by atoms with Crippen LogP contribution in [-0.4, -0.2) is 98.0 Å². The van der Waals surface area contributed by atoms with Gasteiger partial charge in [0, 0.05) is 51.3 Å². The smallest absolute Gasteiger partial charge is 0.471 e. The van der Waals surface area contributed by atoms with Gasteiger partial charge in [0.2, 0.25) is 5.72 Å². The topological polar surface area (TPSA) is 164 Å². The number of nitro benzene ring substituents is 1. The third-order valence-electron chi connectivity index (χ3n) is 8.86. The number of para-hydroxylation sites is 1. The number of benzene rings is 3. The van der Waals surface area contributed by atoms with Gasteiger partial charge in [0.15, 0.2) is 6.29 Å². The molecule has 2 N–H and O–H groups in total. The predicted molar refractivity (Wildman–Crippen MR) is 191 cm³/mol. The molecule has 17 heteroatoms. The van der Waals surface area contributed by atoms with Crippen LogP contribution in [0.1, 0.15) is 52.5 Å². The summed E-state index contributed by atoms with van der Waals surface area (Å²) < 4.78 is 51.1. The third-order valence-corrected chi connectivity index (χ3v) is 8.86. The fraction of sp³-hybridized carbons (Fsp3) is 0.389. The largest absolute Gasteiger partial charge is 0.495 e. The Morgan fingerprint density at radius 2 is 1.72 bits per heavy atom. The van der Waals surface area contributed by atoms with E-state index in [9.17, 15) is 42.5 Å². The zero-order valence-electron chi connectivity index (χ0n) is 29.9. The zero-order valence-corrected chi connectivity index (χ0v) is 29.9. The van der Waals surface area contributed by atoms with Gasteiger partial charge in [-0.2, -0.15) is 13.2 Å². The van der Waals surface area contributed by atoms with Crippen LogP contribution in [0.3, 0.4) is 0 Å². The summed E-state index contributed by atoms with van der Waals surface area (Å²) in [7, 11) is 4.80. The number of likely N-dealkylation sites (N-methyl/N-ethyl adjacent to an activating group) is 1. The number of ether oxygens (including phenoxy) is 2. The Morgan fingerprint density at radius 3 is 2.32 bits per heavy atom. The van der Waals surface area contributed by atoms with Gasteiger partial charge < -0.3 is 29.9 Å². The number of methoxy groups -OCH3 is 1. The summed E-state index contributed by atoms with van der Waals surface area (Å²) in [6, 6.07) is 12.2. The highest BCUT2D eigenvalue weighted by molar-refractivity contribution is 6.13.